The van der Waals surface area contributed by atoms with E-state index < -0.39 is 17.9 Å². The third-order valence-corrected chi connectivity index (χ3v) is 4.50. The molecule has 2 heterocycles. The lowest BCUT2D eigenvalue weighted by Gasteiger charge is -2.29. The standard InChI is InChI=1S/C14H25N3O4/c1-10(17-5-3-4-6-17)7-15-14(20)16(2)12-9-21-8-11(12)13(18)19/h10-12H,3-9H2,1-2H3,(H,15,20)(H,18,19). The number of likely N-dealkylation sites (N-methyl/N-ethyl adjacent to an activating group) is 1. The van der Waals surface area contributed by atoms with Crippen LogP contribution in [0.5, 0.6) is 0 Å². The molecule has 2 N–H and O–H groups in total. The Hall–Kier alpha value is -1.34. The van der Waals surface area contributed by atoms with Crippen LogP contribution in [0, 0.1) is 5.92 Å². The number of hydrogen-bond donors (Lipinski definition) is 2. The van der Waals surface area contributed by atoms with Crippen LogP contribution in [0.2, 0.25) is 0 Å². The van der Waals surface area contributed by atoms with Crippen molar-refractivity contribution in [2.45, 2.75) is 31.8 Å². The summed E-state index contributed by atoms with van der Waals surface area (Å²) in [7, 11) is 1.63. The van der Waals surface area contributed by atoms with Gasteiger partial charge in [-0.25, -0.2) is 4.79 Å². The first kappa shape index (κ1) is 16.0. The van der Waals surface area contributed by atoms with E-state index in [1.807, 2.05) is 0 Å². The van der Waals surface area contributed by atoms with Crippen molar-refractivity contribution >= 4 is 12.0 Å². The first-order chi connectivity index (χ1) is 10.0. The molecule has 2 amide bonds. The topological polar surface area (TPSA) is 82.1 Å². The molecule has 2 fully saturated rings. The number of likely N-dealkylation sites (tertiary alicyclic amines) is 1. The van der Waals surface area contributed by atoms with Crippen LogP contribution < -0.4 is 5.32 Å². The second kappa shape index (κ2) is 7.09. The Morgan fingerprint density at radius 1 is 1.38 bits per heavy atom. The highest BCUT2D eigenvalue weighted by Crippen LogP contribution is 2.19. The zero-order chi connectivity index (χ0) is 15.4. The highest BCUT2D eigenvalue weighted by Gasteiger charge is 2.38. The molecular weight excluding hydrogens is 274 g/mol. The van der Waals surface area contributed by atoms with Crippen molar-refractivity contribution in [2.75, 3.05) is 39.9 Å². The number of amides is 2. The largest absolute Gasteiger partial charge is 0.481 e. The Bertz CT molecular complexity index is 384. The number of nitrogens with one attached hydrogen (secondary N) is 1. The predicted molar refractivity (Wildman–Crippen MR) is 77.2 cm³/mol. The molecule has 2 aliphatic rings. The lowest BCUT2D eigenvalue weighted by molar-refractivity contribution is -0.142. The predicted octanol–water partition coefficient (Wildman–Crippen LogP) is 0.212. The van der Waals surface area contributed by atoms with Crippen LogP contribution in [0.3, 0.4) is 0 Å². The van der Waals surface area contributed by atoms with Crippen molar-refractivity contribution in [2.24, 2.45) is 5.92 Å². The van der Waals surface area contributed by atoms with Crippen molar-refractivity contribution in [3.8, 4) is 0 Å². The van der Waals surface area contributed by atoms with Crippen LogP contribution >= 0.6 is 0 Å². The molecule has 21 heavy (non-hydrogen) atoms. The first-order valence-corrected chi connectivity index (χ1v) is 7.56. The molecule has 0 aromatic heterocycles. The number of carbonyl (C=O) groups is 2. The van der Waals surface area contributed by atoms with Crippen LogP contribution in [0.25, 0.3) is 0 Å². The Morgan fingerprint density at radius 3 is 2.67 bits per heavy atom. The fraction of sp³-hybridized carbons (Fsp3) is 0.857. The molecule has 2 rings (SSSR count). The van der Waals surface area contributed by atoms with Crippen LogP contribution in [-0.2, 0) is 9.53 Å². The summed E-state index contributed by atoms with van der Waals surface area (Å²) in [6.45, 7) is 5.30. The van der Waals surface area contributed by atoms with Crippen molar-refractivity contribution in [1.29, 1.82) is 0 Å². The maximum Gasteiger partial charge on any atom is 0.317 e. The molecule has 0 saturated carbocycles. The van der Waals surface area contributed by atoms with E-state index in [0.717, 1.165) is 13.1 Å². The van der Waals surface area contributed by atoms with Crippen LogP contribution in [-0.4, -0.2) is 78.9 Å². The highest BCUT2D eigenvalue weighted by atomic mass is 16.5. The van der Waals surface area contributed by atoms with Gasteiger partial charge in [-0.15, -0.1) is 0 Å². The van der Waals surface area contributed by atoms with Gasteiger partial charge in [-0.3, -0.25) is 9.69 Å². The monoisotopic (exact) mass is 299 g/mol. The molecule has 120 valence electrons. The summed E-state index contributed by atoms with van der Waals surface area (Å²) in [5.74, 6) is -1.56. The average Bonchev–Trinajstić information content (AvgIpc) is 3.13. The lowest BCUT2D eigenvalue weighted by Crippen LogP contribution is -2.50. The molecule has 2 aliphatic heterocycles. The summed E-state index contributed by atoms with van der Waals surface area (Å²) in [6, 6.07) is -0.327. The van der Waals surface area contributed by atoms with Gasteiger partial charge in [0.05, 0.1) is 19.3 Å². The zero-order valence-electron chi connectivity index (χ0n) is 12.7. The first-order valence-electron chi connectivity index (χ1n) is 7.56. The Balaban J connectivity index is 1.80. The van der Waals surface area contributed by atoms with Gasteiger partial charge in [0.2, 0.25) is 0 Å². The minimum atomic E-state index is -0.914. The van der Waals surface area contributed by atoms with Gasteiger partial charge in [0.15, 0.2) is 0 Å². The third-order valence-electron chi connectivity index (χ3n) is 4.50. The molecule has 0 spiro atoms. The average molecular weight is 299 g/mol. The van der Waals surface area contributed by atoms with Crippen molar-refractivity contribution in [3.05, 3.63) is 0 Å². The van der Waals surface area contributed by atoms with Gasteiger partial charge < -0.3 is 20.1 Å². The normalized spacial score (nSPS) is 27.5. The number of hydrogen-bond acceptors (Lipinski definition) is 4. The number of aliphatic carboxylic acids is 1. The molecule has 3 atom stereocenters. The molecule has 7 heteroatoms. The van der Waals surface area contributed by atoms with E-state index in [9.17, 15) is 9.59 Å². The lowest BCUT2D eigenvalue weighted by atomic mass is 10.0. The second-order valence-electron chi connectivity index (χ2n) is 5.94. The maximum atomic E-state index is 12.2. The Kier molecular flexibility index (Phi) is 5.41. The van der Waals surface area contributed by atoms with E-state index in [-0.39, 0.29) is 19.2 Å². The summed E-state index contributed by atoms with van der Waals surface area (Å²) in [5, 5.41) is 12.0. The molecular formula is C14H25N3O4. The minimum Gasteiger partial charge on any atom is -0.481 e. The maximum absolute atomic E-state index is 12.2. The van der Waals surface area contributed by atoms with Gasteiger partial charge in [-0.05, 0) is 32.9 Å². The van der Waals surface area contributed by atoms with E-state index in [2.05, 4.69) is 17.1 Å². The van der Waals surface area contributed by atoms with Crippen LogP contribution in [0.15, 0.2) is 0 Å². The minimum absolute atomic E-state index is 0.168. The molecule has 0 aromatic carbocycles. The molecule has 0 radical (unpaired) electrons. The van der Waals surface area contributed by atoms with E-state index in [0.29, 0.717) is 12.6 Å². The Labute approximate surface area is 125 Å². The van der Waals surface area contributed by atoms with Gasteiger partial charge in [0.25, 0.3) is 0 Å². The molecule has 2 saturated heterocycles. The van der Waals surface area contributed by atoms with Gasteiger partial charge in [0.1, 0.15) is 5.92 Å². The SMILES string of the molecule is CC(CNC(=O)N(C)C1COCC1C(=O)O)N1CCCC1. The summed E-state index contributed by atoms with van der Waals surface area (Å²) in [5.41, 5.74) is 0. The molecule has 3 unspecified atom stereocenters. The quantitative estimate of drug-likeness (QED) is 0.758. The highest BCUT2D eigenvalue weighted by molar-refractivity contribution is 5.77. The second-order valence-corrected chi connectivity index (χ2v) is 5.94. The van der Waals surface area contributed by atoms with E-state index in [4.69, 9.17) is 9.84 Å². The van der Waals surface area contributed by atoms with Gasteiger partial charge in [0, 0.05) is 19.6 Å². The van der Waals surface area contributed by atoms with Crippen molar-refractivity contribution in [3.63, 3.8) is 0 Å². The van der Waals surface area contributed by atoms with Gasteiger partial charge >= 0.3 is 12.0 Å². The third kappa shape index (κ3) is 3.85. The van der Waals surface area contributed by atoms with Gasteiger partial charge in [-0.1, -0.05) is 0 Å². The van der Waals surface area contributed by atoms with E-state index in [1.54, 1.807) is 7.05 Å². The summed E-state index contributed by atoms with van der Waals surface area (Å²) < 4.78 is 5.20. The van der Waals surface area contributed by atoms with Gasteiger partial charge in [-0.2, -0.15) is 0 Å². The van der Waals surface area contributed by atoms with Crippen molar-refractivity contribution in [1.82, 2.24) is 15.1 Å². The number of ether oxygens (including phenoxy) is 1. The zero-order valence-corrected chi connectivity index (χ0v) is 12.7. The van der Waals surface area contributed by atoms with E-state index in [1.165, 1.54) is 17.7 Å². The molecule has 0 aliphatic carbocycles. The fourth-order valence-corrected chi connectivity index (χ4v) is 2.98. The smallest absolute Gasteiger partial charge is 0.317 e. The molecule has 7 nitrogen and oxygen atoms in total. The van der Waals surface area contributed by atoms with Crippen LogP contribution in [0.1, 0.15) is 19.8 Å². The summed E-state index contributed by atoms with van der Waals surface area (Å²) >= 11 is 0. The Morgan fingerprint density at radius 2 is 2.05 bits per heavy atom. The summed E-state index contributed by atoms with van der Waals surface area (Å²) in [4.78, 5) is 27.1. The number of carboxylic acid groups (broad SMARTS) is 1. The molecule has 0 bridgehead atoms. The number of carboxylic acids is 1. The summed E-state index contributed by atoms with van der Waals surface area (Å²) in [6.07, 6.45) is 2.44. The number of urea groups is 1. The number of nitrogens with zero attached hydrogens (tertiary/aromatic N) is 2. The van der Waals surface area contributed by atoms with Crippen molar-refractivity contribution < 1.29 is 19.4 Å². The fourth-order valence-electron chi connectivity index (χ4n) is 2.98. The van der Waals surface area contributed by atoms with E-state index >= 15 is 0 Å². The number of carbonyl (C=O) groups excluding carboxylic acids is 1. The number of rotatable bonds is 5. The molecule has 0 aromatic rings. The van der Waals surface area contributed by atoms with Crippen LogP contribution in [0.4, 0.5) is 4.79 Å².